The van der Waals surface area contributed by atoms with Crippen molar-refractivity contribution in [3.05, 3.63) is 334 Å². The molecule has 20 rings (SSSR count). The number of benzene rings is 9. The maximum absolute atomic E-state index is 13.7. The number of alkyl halides is 8. The van der Waals surface area contributed by atoms with Gasteiger partial charge in [-0.05, 0) is 141 Å². The third-order valence-corrected chi connectivity index (χ3v) is 20.6. The Morgan fingerprint density at radius 2 is 0.774 bits per heavy atom. The van der Waals surface area contributed by atoms with E-state index in [2.05, 4.69) is 125 Å². The Bertz CT molecular complexity index is 6710. The van der Waals surface area contributed by atoms with Crippen molar-refractivity contribution in [2.75, 3.05) is 33.4 Å². The molecule has 0 saturated heterocycles. The highest BCUT2D eigenvalue weighted by Crippen LogP contribution is 2.52. The first kappa shape index (κ1) is 93.1. The number of aromatic nitrogens is 9. The molecule has 5 N–H and O–H groups in total. The molecule has 11 heterocycles. The molecule has 5 aliphatic heterocycles. The van der Waals surface area contributed by atoms with Crippen LogP contribution in [0.4, 0.5) is 82.2 Å². The summed E-state index contributed by atoms with van der Waals surface area (Å²) in [4.78, 5) is 97.4. The van der Waals surface area contributed by atoms with E-state index < -0.39 is 72.0 Å². The molecule has 15 aromatic rings. The highest BCUT2D eigenvalue weighted by atomic mass is 79.9. The van der Waals surface area contributed by atoms with Crippen molar-refractivity contribution < 1.29 is 124 Å². The Morgan fingerprint density at radius 1 is 0.372 bits per heavy atom. The van der Waals surface area contributed by atoms with Crippen LogP contribution in [0.1, 0.15) is 58.4 Å². The van der Waals surface area contributed by atoms with Crippen molar-refractivity contribution in [3.8, 4) is 113 Å². The van der Waals surface area contributed by atoms with Crippen LogP contribution < -0.4 is 74.0 Å². The van der Waals surface area contributed by atoms with E-state index in [9.17, 15) is 72.3 Å². The zero-order valence-corrected chi connectivity index (χ0v) is 72.1. The number of carbonyl (C=O) groups excluding carboxylic acids is 5. The van der Waals surface area contributed by atoms with Crippen LogP contribution in [0.2, 0.25) is 5.02 Å². The second kappa shape index (κ2) is 39.7. The highest BCUT2D eigenvalue weighted by molar-refractivity contribution is 9.10. The van der Waals surface area contributed by atoms with Gasteiger partial charge in [-0.3, -0.25) is 39.4 Å². The lowest BCUT2D eigenvalue weighted by molar-refractivity contribution is -0.287. The van der Waals surface area contributed by atoms with E-state index >= 15 is 0 Å². The number of para-hydroxylation sites is 4. The minimum absolute atomic E-state index is 0.0329. The topological polar surface area (TPSA) is 363 Å². The quantitative estimate of drug-likeness (QED) is 0.0561. The molecule has 0 bridgehead atoms. The standard InChI is InChI=1S/C20H14BrClN2O4.C20H14F2N2O3.C18H9F4N3O3.C18H10F3N3O3.C18H12F2N4O3/c21-15-8-18-17(27-11-28-18)7-14(15)12-5-6-19(23-9-12)24-20(25)26-10-13-3-1-2-4-16(13)22;1-12-5-2-3-6-14(12)19(25)24-17-10-9-13(11-23-17)15-7-4-8-16-18(15)27-20(21,22)26-16;19-10-4-2-5-11(20)15(10)17(26)25-14-8-23-12(7-24-14)9-3-1-6-13-16(9)28-18(21,22)27-13;19-12-6-2-1-4-10(12)17(25)24-15-9-22-13(8-23-15)11-5-3-7-14-16(11)27-18(20,21)26-14;1-10-15(22-8-7-21-10)17(25)24-14-6-5-11(9-23-14)12-3-2-4-13-16(12)27-18(19,20)26-13/h1-9H,10-11H2,(H,23,24,25);2-11H,1H3,(H,23,24,25);1-8H,(H,24,25,26);1-9H,(H,23,24,25);2-9H,1H3,(H,23,24,25). The van der Waals surface area contributed by atoms with Crippen LogP contribution in [0.15, 0.2) is 273 Å². The van der Waals surface area contributed by atoms with Crippen molar-refractivity contribution in [3.63, 3.8) is 0 Å². The van der Waals surface area contributed by atoms with Crippen molar-refractivity contribution in [1.82, 2.24) is 44.9 Å². The Balaban J connectivity index is 0.000000124. The molecule has 6 aromatic heterocycles. The number of nitrogens with zero attached hydrogens (tertiary/aromatic N) is 9. The molecule has 0 aliphatic carbocycles. The van der Waals surface area contributed by atoms with E-state index in [1.165, 1.54) is 110 Å². The molecule has 30 nitrogen and oxygen atoms in total. The lowest BCUT2D eigenvalue weighted by atomic mass is 10.1. The molecule has 0 spiro atoms. The molecule has 5 aliphatic rings. The first-order valence-corrected chi connectivity index (χ1v) is 41.0. The van der Waals surface area contributed by atoms with Gasteiger partial charge < -0.3 is 73.4 Å². The van der Waals surface area contributed by atoms with Crippen molar-refractivity contribution in [1.29, 1.82) is 0 Å². The number of anilines is 5. The third kappa shape index (κ3) is 22.3. The van der Waals surface area contributed by atoms with Crippen LogP contribution in [0.5, 0.6) is 57.5 Å². The predicted octanol–water partition coefficient (Wildman–Crippen LogP) is 21.5. The van der Waals surface area contributed by atoms with E-state index in [1.807, 2.05) is 49.4 Å². The fourth-order valence-corrected chi connectivity index (χ4v) is 14.0. The summed E-state index contributed by atoms with van der Waals surface area (Å²) in [7, 11) is 0. The molecule has 43 heteroatoms. The smallest absolute Gasteiger partial charge is 0.454 e. The molecule has 0 radical (unpaired) electrons. The number of aryl methyl sites for hydroxylation is 2. The normalized spacial score (nSPS) is 13.6. The van der Waals surface area contributed by atoms with Gasteiger partial charge in [0, 0.05) is 96.1 Å². The average molecular weight is 1960 g/mol. The molecule has 692 valence electrons. The van der Waals surface area contributed by atoms with Crippen LogP contribution in [-0.4, -0.2) is 107 Å². The lowest BCUT2D eigenvalue weighted by Gasteiger charge is -2.09. The van der Waals surface area contributed by atoms with E-state index in [0.717, 1.165) is 57.2 Å². The zero-order chi connectivity index (χ0) is 96.5. The van der Waals surface area contributed by atoms with Gasteiger partial charge in [0.2, 0.25) is 6.79 Å². The summed E-state index contributed by atoms with van der Waals surface area (Å²) in [5, 5.41) is 13.1. The second-order valence-electron chi connectivity index (χ2n) is 28.7. The van der Waals surface area contributed by atoms with Gasteiger partial charge in [0.05, 0.1) is 47.4 Å². The minimum Gasteiger partial charge on any atom is -0.454 e. The van der Waals surface area contributed by atoms with Gasteiger partial charge in [0.25, 0.3) is 23.6 Å². The summed E-state index contributed by atoms with van der Waals surface area (Å²) in [6.07, 6.45) is -3.26. The summed E-state index contributed by atoms with van der Waals surface area (Å²) in [6.45, 7) is 3.81. The zero-order valence-electron chi connectivity index (χ0n) is 69.8. The number of pyridine rings is 3. The first-order valence-electron chi connectivity index (χ1n) is 39.9. The fourth-order valence-electron chi connectivity index (χ4n) is 13.3. The van der Waals surface area contributed by atoms with E-state index in [0.29, 0.717) is 61.7 Å². The number of rotatable bonds is 16. The third-order valence-electron chi connectivity index (χ3n) is 19.6. The monoisotopic (exact) mass is 1960 g/mol. The van der Waals surface area contributed by atoms with Gasteiger partial charge in [0.1, 0.15) is 52.8 Å². The molecule has 0 saturated carbocycles. The maximum Gasteiger partial charge on any atom is 0.586 e. The van der Waals surface area contributed by atoms with Gasteiger partial charge >= 0.3 is 31.3 Å². The molecular weight excluding hydrogens is 1910 g/mol. The summed E-state index contributed by atoms with van der Waals surface area (Å²) in [5.41, 5.74) is 6.44. The van der Waals surface area contributed by atoms with Gasteiger partial charge in [-0.25, -0.2) is 47.9 Å². The van der Waals surface area contributed by atoms with Gasteiger partial charge in [-0.1, -0.05) is 119 Å². The Hall–Kier alpha value is -17.2. The number of amides is 5. The minimum atomic E-state index is -3.79. The number of fused-ring (bicyclic) bond motifs is 5. The number of hydrogen-bond acceptors (Lipinski definition) is 25. The molecule has 0 fully saturated rings. The summed E-state index contributed by atoms with van der Waals surface area (Å²) in [5.74, 6) is -3.61. The van der Waals surface area contributed by atoms with Crippen molar-refractivity contribution in [2.45, 2.75) is 45.6 Å². The average Bonchev–Trinajstić information content (AvgIpc) is 1.67. The first-order chi connectivity index (χ1) is 65.7. The van der Waals surface area contributed by atoms with Crippen molar-refractivity contribution >= 4 is 86.3 Å². The Labute approximate surface area is 778 Å². The van der Waals surface area contributed by atoms with Gasteiger partial charge in [-0.15, -0.1) is 35.1 Å². The molecule has 0 atom stereocenters. The molecule has 0 unspecified atom stereocenters. The van der Waals surface area contributed by atoms with Crippen LogP contribution >= 0.6 is 27.5 Å². The van der Waals surface area contributed by atoms with E-state index in [-0.39, 0.29) is 117 Å². The van der Waals surface area contributed by atoms with Crippen LogP contribution in [-0.2, 0) is 11.3 Å². The Kier molecular flexibility index (Phi) is 27.0. The van der Waals surface area contributed by atoms with Crippen LogP contribution in [0.3, 0.4) is 0 Å². The molecule has 9 aromatic carbocycles. The summed E-state index contributed by atoms with van der Waals surface area (Å²) in [6, 6.07) is 54.5. The van der Waals surface area contributed by atoms with Crippen molar-refractivity contribution in [2.24, 2.45) is 0 Å². The van der Waals surface area contributed by atoms with E-state index in [1.54, 1.807) is 92.0 Å². The van der Waals surface area contributed by atoms with Crippen LogP contribution in [0.25, 0.3) is 55.9 Å². The lowest BCUT2D eigenvalue weighted by Crippen LogP contribution is -2.26. The number of ether oxygens (including phenoxy) is 11. The number of halogens is 13. The second-order valence-corrected chi connectivity index (χ2v) is 30.0. The SMILES string of the molecule is Cc1ccccc1C(=O)Nc1ccc(-c2cccc3c2OC(F)(F)O3)cn1.Cc1nccnc1C(=O)Nc1ccc(-c2cccc3c2OC(F)(F)O3)cn1.O=C(Nc1ccc(-c2cc3c(cc2Br)OCO3)cn1)OCc1ccccc1Cl.O=C(Nc1cnc(-c2cccc3c2OC(F)(F)O3)cn1)c1c(F)cccc1F.O=C(Nc1cnc(-c2cccc3c2OC(F)(F)O3)cn1)c1ccccc1F. The predicted molar refractivity (Wildman–Crippen MR) is 470 cm³/mol. The summed E-state index contributed by atoms with van der Waals surface area (Å²) < 4.78 is 200. The molecule has 5 amide bonds. The van der Waals surface area contributed by atoms with Gasteiger partial charge in [0.15, 0.2) is 69.1 Å². The fraction of sp³-hybridized carbons (Fsp3) is 0.0851. The molecule has 137 heavy (non-hydrogen) atoms. The van der Waals surface area contributed by atoms with E-state index in [4.69, 9.17) is 25.8 Å². The summed E-state index contributed by atoms with van der Waals surface area (Å²) >= 11 is 9.58. The Morgan fingerprint density at radius 3 is 1.25 bits per heavy atom. The largest absolute Gasteiger partial charge is 0.586 e. The number of nitrogens with one attached hydrogen (secondary N) is 5. The number of hydrogen-bond donors (Lipinski definition) is 5. The highest BCUT2D eigenvalue weighted by Gasteiger charge is 2.48. The van der Waals surface area contributed by atoms with Crippen LogP contribution in [0, 0.1) is 31.3 Å². The number of carbonyl (C=O) groups is 5. The molecular formula is C94H59BrClF11N14O16. The van der Waals surface area contributed by atoms with Gasteiger partial charge in [-0.2, -0.15) is 0 Å². The maximum atomic E-state index is 13.7.